The summed E-state index contributed by atoms with van der Waals surface area (Å²) in [6, 6.07) is 13.3. The van der Waals surface area contributed by atoms with Crippen LogP contribution in [0.4, 0.5) is 0 Å². The smallest absolute Gasteiger partial charge is 0.339 e. The zero-order valence-corrected chi connectivity index (χ0v) is 19.3. The van der Waals surface area contributed by atoms with Gasteiger partial charge in [0, 0.05) is 16.5 Å². The first-order valence-corrected chi connectivity index (χ1v) is 11.3. The van der Waals surface area contributed by atoms with Crippen molar-refractivity contribution in [2.24, 2.45) is 0 Å². The molecule has 0 amide bonds. The number of methoxy groups -OCH3 is 1. The number of nitrogens with one attached hydrogen (secondary N) is 1. The number of carbonyl (C=O) groups excluding carboxylic acids is 2. The maximum atomic E-state index is 13.0. The van der Waals surface area contributed by atoms with Gasteiger partial charge in [-0.05, 0) is 63.3 Å². The molecule has 32 heavy (non-hydrogen) atoms. The SMILES string of the molecule is COC(=O)c1ccc2c(C3CCCCC3)c(-c3ccccc3C(=O)OC(C)(C)C)[nH]c2c1. The van der Waals surface area contributed by atoms with Gasteiger partial charge in [-0.3, -0.25) is 0 Å². The number of hydrogen-bond acceptors (Lipinski definition) is 4. The van der Waals surface area contributed by atoms with Crippen molar-refractivity contribution in [2.75, 3.05) is 7.11 Å². The molecule has 3 aromatic rings. The van der Waals surface area contributed by atoms with E-state index in [2.05, 4.69) is 4.98 Å². The van der Waals surface area contributed by atoms with E-state index in [9.17, 15) is 9.59 Å². The number of aromatic nitrogens is 1. The molecule has 1 aliphatic rings. The van der Waals surface area contributed by atoms with Gasteiger partial charge < -0.3 is 14.5 Å². The Bertz CT molecular complexity index is 1150. The van der Waals surface area contributed by atoms with E-state index >= 15 is 0 Å². The van der Waals surface area contributed by atoms with Crippen LogP contribution in [-0.2, 0) is 9.47 Å². The minimum Gasteiger partial charge on any atom is -0.465 e. The number of fused-ring (bicyclic) bond motifs is 1. The van der Waals surface area contributed by atoms with E-state index in [1.54, 1.807) is 0 Å². The lowest BCUT2D eigenvalue weighted by atomic mass is 9.81. The lowest BCUT2D eigenvalue weighted by Crippen LogP contribution is -2.24. The average Bonchev–Trinajstić information content (AvgIpc) is 3.16. The van der Waals surface area contributed by atoms with E-state index in [0.29, 0.717) is 17.0 Å². The van der Waals surface area contributed by atoms with Crippen molar-refractivity contribution in [1.29, 1.82) is 0 Å². The molecule has 0 saturated heterocycles. The van der Waals surface area contributed by atoms with Crippen LogP contribution in [0, 0.1) is 0 Å². The third kappa shape index (κ3) is 4.43. The first kappa shape index (κ1) is 22.1. The second-order valence-corrected chi connectivity index (χ2v) is 9.55. The molecule has 0 unspecified atom stereocenters. The number of carbonyl (C=O) groups is 2. The van der Waals surface area contributed by atoms with Gasteiger partial charge in [0.05, 0.1) is 23.9 Å². The molecule has 1 aliphatic carbocycles. The summed E-state index contributed by atoms with van der Waals surface area (Å²) in [4.78, 5) is 28.7. The van der Waals surface area contributed by atoms with Gasteiger partial charge in [-0.1, -0.05) is 43.5 Å². The third-order valence-corrected chi connectivity index (χ3v) is 6.09. The Morgan fingerprint density at radius 3 is 2.38 bits per heavy atom. The molecule has 168 valence electrons. The zero-order chi connectivity index (χ0) is 22.9. The van der Waals surface area contributed by atoms with E-state index in [-0.39, 0.29) is 11.9 Å². The first-order valence-electron chi connectivity index (χ1n) is 11.3. The van der Waals surface area contributed by atoms with Crippen LogP contribution in [-0.4, -0.2) is 29.6 Å². The molecule has 1 N–H and O–H groups in total. The van der Waals surface area contributed by atoms with Crippen LogP contribution in [0.25, 0.3) is 22.2 Å². The highest BCUT2D eigenvalue weighted by atomic mass is 16.6. The van der Waals surface area contributed by atoms with Gasteiger partial charge in [-0.2, -0.15) is 0 Å². The summed E-state index contributed by atoms with van der Waals surface area (Å²) in [5.41, 5.74) is 4.34. The van der Waals surface area contributed by atoms with Crippen molar-refractivity contribution >= 4 is 22.8 Å². The summed E-state index contributed by atoms with van der Waals surface area (Å²) in [7, 11) is 1.39. The van der Waals surface area contributed by atoms with Gasteiger partial charge in [0.25, 0.3) is 0 Å². The number of esters is 2. The Labute approximate surface area is 189 Å². The van der Waals surface area contributed by atoms with Crippen LogP contribution >= 0.6 is 0 Å². The van der Waals surface area contributed by atoms with E-state index in [1.807, 2.05) is 63.2 Å². The molecule has 0 aliphatic heterocycles. The third-order valence-electron chi connectivity index (χ3n) is 6.09. The fourth-order valence-electron chi connectivity index (χ4n) is 4.70. The number of hydrogen-bond donors (Lipinski definition) is 1. The molecule has 1 fully saturated rings. The molecule has 5 nitrogen and oxygen atoms in total. The maximum Gasteiger partial charge on any atom is 0.339 e. The minimum atomic E-state index is -0.577. The highest BCUT2D eigenvalue weighted by molar-refractivity contribution is 6.02. The molecule has 0 radical (unpaired) electrons. The summed E-state index contributed by atoms with van der Waals surface area (Å²) >= 11 is 0. The van der Waals surface area contributed by atoms with Gasteiger partial charge >= 0.3 is 11.9 Å². The highest BCUT2D eigenvalue weighted by Gasteiger charge is 2.27. The van der Waals surface area contributed by atoms with E-state index in [0.717, 1.165) is 35.0 Å². The summed E-state index contributed by atoms with van der Waals surface area (Å²) in [6.07, 6.45) is 5.89. The molecule has 1 heterocycles. The summed E-state index contributed by atoms with van der Waals surface area (Å²) in [5, 5.41) is 1.10. The van der Waals surface area contributed by atoms with Crippen molar-refractivity contribution in [3.63, 3.8) is 0 Å². The highest BCUT2D eigenvalue weighted by Crippen LogP contribution is 2.43. The van der Waals surface area contributed by atoms with Crippen molar-refractivity contribution < 1.29 is 19.1 Å². The Balaban J connectivity index is 1.90. The average molecular weight is 434 g/mol. The molecule has 5 heteroatoms. The van der Waals surface area contributed by atoms with Crippen molar-refractivity contribution in [1.82, 2.24) is 4.98 Å². The largest absolute Gasteiger partial charge is 0.465 e. The topological polar surface area (TPSA) is 68.4 Å². The molecule has 0 bridgehead atoms. The van der Waals surface area contributed by atoms with Crippen LogP contribution in [0.3, 0.4) is 0 Å². The number of rotatable bonds is 4. The number of aromatic amines is 1. The minimum absolute atomic E-state index is 0.336. The fraction of sp³-hybridized carbons (Fsp3) is 0.407. The zero-order valence-electron chi connectivity index (χ0n) is 19.3. The second-order valence-electron chi connectivity index (χ2n) is 9.55. The summed E-state index contributed by atoms with van der Waals surface area (Å²) in [5.74, 6) is -0.295. The van der Waals surface area contributed by atoms with Gasteiger partial charge in [-0.25, -0.2) is 9.59 Å². The molecule has 1 saturated carbocycles. The molecule has 4 rings (SSSR count). The Kier molecular flexibility index (Phi) is 6.09. The van der Waals surface area contributed by atoms with Crippen LogP contribution in [0.1, 0.15) is 85.1 Å². The Morgan fingerprint density at radius 1 is 0.969 bits per heavy atom. The van der Waals surface area contributed by atoms with Crippen molar-refractivity contribution in [3.05, 3.63) is 59.2 Å². The maximum absolute atomic E-state index is 13.0. The van der Waals surface area contributed by atoms with E-state index in [4.69, 9.17) is 9.47 Å². The molecule has 0 atom stereocenters. The molecular formula is C27H31NO4. The molecule has 0 spiro atoms. The fourth-order valence-corrected chi connectivity index (χ4v) is 4.70. The van der Waals surface area contributed by atoms with Crippen LogP contribution in [0.5, 0.6) is 0 Å². The molecule has 2 aromatic carbocycles. The number of benzene rings is 2. The van der Waals surface area contributed by atoms with Gasteiger partial charge in [0.2, 0.25) is 0 Å². The predicted octanol–water partition coefficient (Wildman–Crippen LogP) is 6.62. The Hall–Kier alpha value is -3.08. The first-order chi connectivity index (χ1) is 15.3. The monoisotopic (exact) mass is 433 g/mol. The van der Waals surface area contributed by atoms with Crippen LogP contribution < -0.4 is 0 Å². The van der Waals surface area contributed by atoms with Gasteiger partial charge in [0.1, 0.15) is 5.60 Å². The number of ether oxygens (including phenoxy) is 2. The van der Waals surface area contributed by atoms with Crippen LogP contribution in [0.15, 0.2) is 42.5 Å². The lowest BCUT2D eigenvalue weighted by molar-refractivity contribution is 0.00702. The van der Waals surface area contributed by atoms with E-state index < -0.39 is 5.60 Å². The molecule has 1 aromatic heterocycles. The standard InChI is InChI=1S/C27H31NO4/c1-27(2,3)32-26(30)20-13-9-8-12-19(20)24-23(17-10-6-5-7-11-17)21-15-14-18(25(29)31-4)16-22(21)28-24/h8-9,12-17,28H,5-7,10-11H2,1-4H3. The normalized spacial score (nSPS) is 15.0. The lowest BCUT2D eigenvalue weighted by Gasteiger charge is -2.24. The predicted molar refractivity (Wildman–Crippen MR) is 126 cm³/mol. The van der Waals surface area contributed by atoms with Gasteiger partial charge in [-0.15, -0.1) is 0 Å². The van der Waals surface area contributed by atoms with E-state index in [1.165, 1.54) is 31.9 Å². The summed E-state index contributed by atoms with van der Waals surface area (Å²) in [6.45, 7) is 5.62. The quantitative estimate of drug-likeness (QED) is 0.469. The molecular weight excluding hydrogens is 402 g/mol. The van der Waals surface area contributed by atoms with Gasteiger partial charge in [0.15, 0.2) is 0 Å². The van der Waals surface area contributed by atoms with Crippen molar-refractivity contribution in [3.8, 4) is 11.3 Å². The van der Waals surface area contributed by atoms with Crippen molar-refractivity contribution in [2.45, 2.75) is 64.4 Å². The number of H-pyrrole nitrogens is 1. The Morgan fingerprint density at radius 2 is 1.69 bits per heavy atom. The summed E-state index contributed by atoms with van der Waals surface area (Å²) < 4.78 is 10.6. The van der Waals surface area contributed by atoms with Crippen LogP contribution in [0.2, 0.25) is 0 Å². The second kappa shape index (κ2) is 8.81.